The molecule has 0 saturated carbocycles. The second-order valence-electron chi connectivity index (χ2n) is 4.76. The standard InChI is InChI=1S/C16H22N2/c1-4-12(5-2)16(17-3)14-10-11-18-15-9-7-6-8-13(14)15/h6-12,16-17H,4-5H2,1-3H3. The van der Waals surface area contributed by atoms with Gasteiger partial charge in [-0.15, -0.1) is 0 Å². The van der Waals surface area contributed by atoms with Gasteiger partial charge in [-0.25, -0.2) is 0 Å². The van der Waals surface area contributed by atoms with E-state index in [0.29, 0.717) is 12.0 Å². The number of hydrogen-bond donors (Lipinski definition) is 1. The van der Waals surface area contributed by atoms with E-state index in [1.54, 1.807) is 0 Å². The Bertz CT molecular complexity index is 498. The molecule has 1 heterocycles. The Morgan fingerprint density at radius 2 is 1.83 bits per heavy atom. The van der Waals surface area contributed by atoms with E-state index in [0.717, 1.165) is 5.52 Å². The molecular weight excluding hydrogens is 220 g/mol. The summed E-state index contributed by atoms with van der Waals surface area (Å²) in [6, 6.07) is 11.0. The minimum Gasteiger partial charge on any atom is -0.313 e. The van der Waals surface area contributed by atoms with E-state index >= 15 is 0 Å². The van der Waals surface area contributed by atoms with Gasteiger partial charge in [0.2, 0.25) is 0 Å². The SMILES string of the molecule is CCC(CC)C(NC)c1ccnc2ccccc12. The average Bonchev–Trinajstić information content (AvgIpc) is 2.44. The molecule has 1 aromatic carbocycles. The van der Waals surface area contributed by atoms with Crippen LogP contribution in [0.2, 0.25) is 0 Å². The van der Waals surface area contributed by atoms with Crippen LogP contribution in [0, 0.1) is 5.92 Å². The predicted molar refractivity (Wildman–Crippen MR) is 77.6 cm³/mol. The van der Waals surface area contributed by atoms with Crippen LogP contribution in [-0.4, -0.2) is 12.0 Å². The number of fused-ring (bicyclic) bond motifs is 1. The highest BCUT2D eigenvalue weighted by Gasteiger charge is 2.20. The van der Waals surface area contributed by atoms with Crippen molar-refractivity contribution >= 4 is 10.9 Å². The third-order valence-corrected chi connectivity index (χ3v) is 3.85. The smallest absolute Gasteiger partial charge is 0.0705 e. The van der Waals surface area contributed by atoms with Gasteiger partial charge < -0.3 is 5.32 Å². The minimum atomic E-state index is 0.410. The molecule has 2 aromatic rings. The Morgan fingerprint density at radius 1 is 1.11 bits per heavy atom. The number of nitrogens with zero attached hydrogens (tertiary/aromatic N) is 1. The second-order valence-corrected chi connectivity index (χ2v) is 4.76. The van der Waals surface area contributed by atoms with Crippen molar-refractivity contribution in [2.45, 2.75) is 32.7 Å². The fourth-order valence-electron chi connectivity index (χ4n) is 2.79. The van der Waals surface area contributed by atoms with Gasteiger partial charge in [0.25, 0.3) is 0 Å². The molecule has 0 saturated heterocycles. The molecule has 0 aliphatic carbocycles. The summed E-state index contributed by atoms with van der Waals surface area (Å²) in [5.74, 6) is 0.667. The Kier molecular flexibility index (Phi) is 4.32. The van der Waals surface area contributed by atoms with Gasteiger partial charge in [-0.2, -0.15) is 0 Å². The quantitative estimate of drug-likeness (QED) is 0.859. The molecule has 0 aliphatic heterocycles. The summed E-state index contributed by atoms with van der Waals surface area (Å²) in [6.07, 6.45) is 4.31. The van der Waals surface area contributed by atoms with Crippen molar-refractivity contribution < 1.29 is 0 Å². The van der Waals surface area contributed by atoms with Gasteiger partial charge in [-0.3, -0.25) is 4.98 Å². The average molecular weight is 242 g/mol. The Hall–Kier alpha value is -1.41. The monoisotopic (exact) mass is 242 g/mol. The lowest BCUT2D eigenvalue weighted by atomic mass is 9.87. The van der Waals surface area contributed by atoms with Crippen molar-refractivity contribution in [3.05, 3.63) is 42.1 Å². The maximum Gasteiger partial charge on any atom is 0.0705 e. The van der Waals surface area contributed by atoms with Crippen LogP contribution in [0.3, 0.4) is 0 Å². The molecule has 1 N–H and O–H groups in total. The number of rotatable bonds is 5. The second kappa shape index (κ2) is 5.96. The van der Waals surface area contributed by atoms with E-state index in [2.05, 4.69) is 55.5 Å². The van der Waals surface area contributed by atoms with Gasteiger partial charge in [0.1, 0.15) is 0 Å². The van der Waals surface area contributed by atoms with Gasteiger partial charge in [0.05, 0.1) is 5.52 Å². The molecule has 2 rings (SSSR count). The highest BCUT2D eigenvalue weighted by Crippen LogP contribution is 2.31. The molecule has 1 aromatic heterocycles. The highest BCUT2D eigenvalue weighted by atomic mass is 14.9. The predicted octanol–water partition coefficient (Wildman–Crippen LogP) is 3.93. The summed E-state index contributed by atoms with van der Waals surface area (Å²) < 4.78 is 0. The van der Waals surface area contributed by atoms with Crippen molar-refractivity contribution in [1.82, 2.24) is 10.3 Å². The maximum absolute atomic E-state index is 4.44. The zero-order valence-corrected chi connectivity index (χ0v) is 11.5. The first-order valence-electron chi connectivity index (χ1n) is 6.82. The Morgan fingerprint density at radius 3 is 2.50 bits per heavy atom. The van der Waals surface area contributed by atoms with Gasteiger partial charge in [0.15, 0.2) is 0 Å². The molecule has 0 fully saturated rings. The third-order valence-electron chi connectivity index (χ3n) is 3.85. The summed E-state index contributed by atoms with van der Waals surface area (Å²) >= 11 is 0. The van der Waals surface area contributed by atoms with Crippen LogP contribution in [0.4, 0.5) is 0 Å². The topological polar surface area (TPSA) is 24.9 Å². The third kappa shape index (κ3) is 2.39. The molecule has 0 aliphatic rings. The van der Waals surface area contributed by atoms with Gasteiger partial charge in [0, 0.05) is 17.6 Å². The lowest BCUT2D eigenvalue weighted by Gasteiger charge is -2.26. The molecule has 2 heteroatoms. The number of para-hydroxylation sites is 1. The number of benzene rings is 1. The van der Waals surface area contributed by atoms with Gasteiger partial charge in [-0.1, -0.05) is 44.9 Å². The number of hydrogen-bond acceptors (Lipinski definition) is 2. The molecule has 0 radical (unpaired) electrons. The summed E-state index contributed by atoms with van der Waals surface area (Å²) in [7, 11) is 2.05. The Balaban J connectivity index is 2.51. The summed E-state index contributed by atoms with van der Waals surface area (Å²) in [6.45, 7) is 4.53. The van der Waals surface area contributed by atoms with Crippen LogP contribution in [0.25, 0.3) is 10.9 Å². The summed E-state index contributed by atoms with van der Waals surface area (Å²) in [5.41, 5.74) is 2.46. The normalized spacial score (nSPS) is 13.1. The maximum atomic E-state index is 4.44. The lowest BCUT2D eigenvalue weighted by Crippen LogP contribution is -2.24. The van der Waals surface area contributed by atoms with Crippen molar-refractivity contribution in [2.75, 3.05) is 7.05 Å². The molecule has 1 unspecified atom stereocenters. The van der Waals surface area contributed by atoms with Crippen LogP contribution >= 0.6 is 0 Å². The van der Waals surface area contributed by atoms with E-state index in [-0.39, 0.29) is 0 Å². The van der Waals surface area contributed by atoms with E-state index in [4.69, 9.17) is 0 Å². The number of pyridine rings is 1. The molecule has 2 nitrogen and oxygen atoms in total. The van der Waals surface area contributed by atoms with Crippen LogP contribution in [0.5, 0.6) is 0 Å². The highest BCUT2D eigenvalue weighted by molar-refractivity contribution is 5.82. The summed E-state index contributed by atoms with van der Waals surface area (Å²) in [5, 5.41) is 4.75. The fourth-order valence-corrected chi connectivity index (χ4v) is 2.79. The first-order chi connectivity index (χ1) is 8.81. The van der Waals surface area contributed by atoms with Crippen molar-refractivity contribution in [3.63, 3.8) is 0 Å². The number of aromatic nitrogens is 1. The van der Waals surface area contributed by atoms with Crippen LogP contribution < -0.4 is 5.32 Å². The van der Waals surface area contributed by atoms with Crippen LogP contribution in [0.15, 0.2) is 36.5 Å². The molecule has 18 heavy (non-hydrogen) atoms. The zero-order valence-electron chi connectivity index (χ0n) is 11.5. The molecule has 0 bridgehead atoms. The van der Waals surface area contributed by atoms with E-state index in [1.165, 1.54) is 23.8 Å². The first-order valence-corrected chi connectivity index (χ1v) is 6.82. The van der Waals surface area contributed by atoms with Gasteiger partial charge >= 0.3 is 0 Å². The van der Waals surface area contributed by atoms with E-state index in [9.17, 15) is 0 Å². The largest absolute Gasteiger partial charge is 0.313 e. The molecular formula is C16H22N2. The molecule has 1 atom stereocenters. The fraction of sp³-hybridized carbons (Fsp3) is 0.438. The van der Waals surface area contributed by atoms with E-state index in [1.807, 2.05) is 12.3 Å². The number of nitrogens with one attached hydrogen (secondary N) is 1. The molecule has 0 amide bonds. The minimum absolute atomic E-state index is 0.410. The summed E-state index contributed by atoms with van der Waals surface area (Å²) in [4.78, 5) is 4.44. The van der Waals surface area contributed by atoms with Gasteiger partial charge in [-0.05, 0) is 30.7 Å². The lowest BCUT2D eigenvalue weighted by molar-refractivity contribution is 0.361. The van der Waals surface area contributed by atoms with Crippen molar-refractivity contribution in [2.24, 2.45) is 5.92 Å². The first kappa shape index (κ1) is 13.0. The van der Waals surface area contributed by atoms with E-state index < -0.39 is 0 Å². The van der Waals surface area contributed by atoms with Crippen molar-refractivity contribution in [1.29, 1.82) is 0 Å². The van der Waals surface area contributed by atoms with Crippen LogP contribution in [-0.2, 0) is 0 Å². The van der Waals surface area contributed by atoms with Crippen LogP contribution in [0.1, 0.15) is 38.3 Å². The Labute approximate surface area is 109 Å². The van der Waals surface area contributed by atoms with Crippen molar-refractivity contribution in [3.8, 4) is 0 Å². The zero-order chi connectivity index (χ0) is 13.0. The molecule has 0 spiro atoms. The molecule has 96 valence electrons.